The largest absolute Gasteiger partial charge is 0.290 e. The zero-order valence-corrected chi connectivity index (χ0v) is 11.9. The molecule has 0 aliphatic rings. The van der Waals surface area contributed by atoms with Crippen LogP contribution in [0, 0.1) is 0 Å². The SMILES string of the molecule is CCc1cnc(-c2[nH]nc3ncccc23)nc1-n1ccnc1. The molecule has 0 aliphatic carbocycles. The van der Waals surface area contributed by atoms with Gasteiger partial charge in [-0.1, -0.05) is 6.92 Å². The van der Waals surface area contributed by atoms with Crippen LogP contribution in [0.1, 0.15) is 12.5 Å². The normalized spacial score (nSPS) is 11.1. The Morgan fingerprint density at radius 1 is 1.23 bits per heavy atom. The Hall–Kier alpha value is -3.09. The van der Waals surface area contributed by atoms with Crippen LogP contribution in [0.2, 0.25) is 0 Å². The molecule has 4 heterocycles. The van der Waals surface area contributed by atoms with E-state index in [1.165, 1.54) is 0 Å². The van der Waals surface area contributed by atoms with Crippen LogP contribution in [-0.4, -0.2) is 34.7 Å². The third-order valence-corrected chi connectivity index (χ3v) is 3.52. The molecule has 0 spiro atoms. The van der Waals surface area contributed by atoms with Crippen molar-refractivity contribution in [1.82, 2.24) is 34.7 Å². The van der Waals surface area contributed by atoms with Gasteiger partial charge in [-0.3, -0.25) is 9.67 Å². The van der Waals surface area contributed by atoms with E-state index < -0.39 is 0 Å². The van der Waals surface area contributed by atoms with Gasteiger partial charge < -0.3 is 0 Å². The predicted molar refractivity (Wildman–Crippen MR) is 81.4 cm³/mol. The van der Waals surface area contributed by atoms with E-state index in [1.807, 2.05) is 29.1 Å². The number of hydrogen-bond donors (Lipinski definition) is 1. The van der Waals surface area contributed by atoms with Gasteiger partial charge in [0.25, 0.3) is 0 Å². The quantitative estimate of drug-likeness (QED) is 0.625. The zero-order chi connectivity index (χ0) is 14.9. The van der Waals surface area contributed by atoms with Crippen LogP contribution in [0.3, 0.4) is 0 Å². The van der Waals surface area contributed by atoms with Gasteiger partial charge in [0, 0.05) is 35.7 Å². The molecule has 0 aromatic carbocycles. The van der Waals surface area contributed by atoms with E-state index in [0.717, 1.165) is 28.9 Å². The fourth-order valence-electron chi connectivity index (χ4n) is 2.40. The van der Waals surface area contributed by atoms with E-state index >= 15 is 0 Å². The first kappa shape index (κ1) is 12.6. The predicted octanol–water partition coefficient (Wildman–Crippen LogP) is 2.16. The summed E-state index contributed by atoms with van der Waals surface area (Å²) in [5.74, 6) is 1.42. The third-order valence-electron chi connectivity index (χ3n) is 3.52. The molecular formula is C15H13N7. The van der Waals surface area contributed by atoms with E-state index in [9.17, 15) is 0 Å². The van der Waals surface area contributed by atoms with Crippen LogP contribution >= 0.6 is 0 Å². The Morgan fingerprint density at radius 3 is 3.00 bits per heavy atom. The van der Waals surface area contributed by atoms with Gasteiger partial charge in [0.15, 0.2) is 11.5 Å². The summed E-state index contributed by atoms with van der Waals surface area (Å²) in [6.45, 7) is 2.08. The van der Waals surface area contributed by atoms with Crippen LogP contribution < -0.4 is 0 Å². The van der Waals surface area contributed by atoms with Crippen molar-refractivity contribution in [3.63, 3.8) is 0 Å². The first-order valence-corrected chi connectivity index (χ1v) is 7.00. The summed E-state index contributed by atoms with van der Waals surface area (Å²) in [5, 5.41) is 8.08. The fraction of sp³-hybridized carbons (Fsp3) is 0.133. The topological polar surface area (TPSA) is 85.2 Å². The van der Waals surface area contributed by atoms with Gasteiger partial charge in [-0.2, -0.15) is 5.10 Å². The molecule has 1 N–H and O–H groups in total. The van der Waals surface area contributed by atoms with Crippen molar-refractivity contribution in [2.75, 3.05) is 0 Å². The number of hydrogen-bond acceptors (Lipinski definition) is 5. The molecule has 0 atom stereocenters. The van der Waals surface area contributed by atoms with Crippen molar-refractivity contribution < 1.29 is 0 Å². The summed E-state index contributed by atoms with van der Waals surface area (Å²) in [7, 11) is 0. The zero-order valence-electron chi connectivity index (χ0n) is 11.9. The second-order valence-electron chi connectivity index (χ2n) is 4.84. The third kappa shape index (κ3) is 1.95. The van der Waals surface area contributed by atoms with Gasteiger partial charge in [0.2, 0.25) is 0 Å². The van der Waals surface area contributed by atoms with Gasteiger partial charge >= 0.3 is 0 Å². The Bertz CT molecular complexity index is 924. The molecule has 0 aliphatic heterocycles. The molecule has 0 fully saturated rings. The highest BCUT2D eigenvalue weighted by Gasteiger charge is 2.14. The maximum absolute atomic E-state index is 4.69. The van der Waals surface area contributed by atoms with Gasteiger partial charge in [-0.15, -0.1) is 0 Å². The number of fused-ring (bicyclic) bond motifs is 1. The van der Waals surface area contributed by atoms with E-state index in [0.29, 0.717) is 11.5 Å². The minimum absolute atomic E-state index is 0.594. The van der Waals surface area contributed by atoms with E-state index in [2.05, 4.69) is 32.1 Å². The summed E-state index contributed by atoms with van der Waals surface area (Å²) < 4.78 is 1.89. The van der Waals surface area contributed by atoms with Crippen molar-refractivity contribution in [2.24, 2.45) is 0 Å². The molecule has 0 saturated carbocycles. The van der Waals surface area contributed by atoms with Crippen LogP contribution in [0.4, 0.5) is 0 Å². The molecule has 7 nitrogen and oxygen atoms in total. The van der Waals surface area contributed by atoms with E-state index in [-0.39, 0.29) is 0 Å². The van der Waals surface area contributed by atoms with Crippen molar-refractivity contribution in [3.8, 4) is 17.3 Å². The first-order chi connectivity index (χ1) is 10.9. The van der Waals surface area contributed by atoms with Crippen molar-refractivity contribution in [3.05, 3.63) is 48.8 Å². The van der Waals surface area contributed by atoms with Crippen LogP contribution in [0.5, 0.6) is 0 Å². The molecule has 0 radical (unpaired) electrons. The molecule has 22 heavy (non-hydrogen) atoms. The fourth-order valence-corrected chi connectivity index (χ4v) is 2.40. The van der Waals surface area contributed by atoms with Gasteiger partial charge in [-0.25, -0.2) is 19.9 Å². The number of aromatic nitrogens is 7. The van der Waals surface area contributed by atoms with Gasteiger partial charge in [0.1, 0.15) is 17.8 Å². The average molecular weight is 291 g/mol. The molecule has 4 aromatic rings. The average Bonchev–Trinajstić information content (AvgIpc) is 3.24. The molecule has 0 amide bonds. The van der Waals surface area contributed by atoms with Crippen molar-refractivity contribution in [1.29, 1.82) is 0 Å². The Balaban J connectivity index is 1.91. The van der Waals surface area contributed by atoms with Crippen LogP contribution in [0.15, 0.2) is 43.2 Å². The molecule has 0 bridgehead atoms. The summed E-state index contributed by atoms with van der Waals surface area (Å²) in [6.07, 6.45) is 9.75. The first-order valence-electron chi connectivity index (χ1n) is 7.00. The Labute approximate surface area is 126 Å². The van der Waals surface area contributed by atoms with Crippen molar-refractivity contribution in [2.45, 2.75) is 13.3 Å². The second-order valence-corrected chi connectivity index (χ2v) is 4.84. The second kappa shape index (κ2) is 5.03. The molecule has 108 valence electrons. The van der Waals surface area contributed by atoms with Crippen LogP contribution in [0.25, 0.3) is 28.4 Å². The van der Waals surface area contributed by atoms with Crippen molar-refractivity contribution >= 4 is 11.0 Å². The molecule has 0 unspecified atom stereocenters. The molecule has 4 aromatic heterocycles. The molecule has 4 rings (SSSR count). The lowest BCUT2D eigenvalue weighted by Gasteiger charge is -2.08. The summed E-state index contributed by atoms with van der Waals surface area (Å²) in [6, 6.07) is 3.83. The minimum Gasteiger partial charge on any atom is -0.290 e. The highest BCUT2D eigenvalue weighted by atomic mass is 15.2. The monoisotopic (exact) mass is 291 g/mol. The van der Waals surface area contributed by atoms with Gasteiger partial charge in [0.05, 0.1) is 0 Å². The Morgan fingerprint density at radius 2 is 2.18 bits per heavy atom. The highest BCUT2D eigenvalue weighted by Crippen LogP contribution is 2.23. The number of nitrogens with one attached hydrogen (secondary N) is 1. The van der Waals surface area contributed by atoms with Gasteiger partial charge in [-0.05, 0) is 18.6 Å². The highest BCUT2D eigenvalue weighted by molar-refractivity contribution is 5.88. The maximum Gasteiger partial charge on any atom is 0.181 e. The molecular weight excluding hydrogens is 278 g/mol. The van der Waals surface area contributed by atoms with E-state index in [1.54, 1.807) is 18.7 Å². The number of imidazole rings is 1. The number of aryl methyl sites for hydroxylation is 1. The summed E-state index contributed by atoms with van der Waals surface area (Å²) in [5.41, 5.74) is 2.49. The number of rotatable bonds is 3. The Kier molecular flexibility index (Phi) is 2.89. The number of aromatic amines is 1. The molecule has 7 heteroatoms. The van der Waals surface area contributed by atoms with E-state index in [4.69, 9.17) is 4.98 Å². The number of nitrogens with zero attached hydrogens (tertiary/aromatic N) is 6. The summed E-state index contributed by atoms with van der Waals surface area (Å²) >= 11 is 0. The lowest BCUT2D eigenvalue weighted by atomic mass is 10.2. The standard InChI is InChI=1S/C15H13N7/c1-2-10-8-18-14(19-15(10)22-7-6-16-9-22)12-11-4-3-5-17-13(11)21-20-12/h3-9H,2H2,1H3,(H,17,20,21). The minimum atomic E-state index is 0.594. The lowest BCUT2D eigenvalue weighted by molar-refractivity contribution is 0.921. The maximum atomic E-state index is 4.69. The smallest absolute Gasteiger partial charge is 0.181 e. The van der Waals surface area contributed by atoms with Crippen LogP contribution in [-0.2, 0) is 6.42 Å². The lowest BCUT2D eigenvalue weighted by Crippen LogP contribution is -2.03. The number of H-pyrrole nitrogens is 1. The number of pyridine rings is 1. The molecule has 0 saturated heterocycles. The summed E-state index contributed by atoms with van der Waals surface area (Å²) in [4.78, 5) is 17.5.